The van der Waals surface area contributed by atoms with Crippen molar-refractivity contribution in [3.05, 3.63) is 103 Å². The van der Waals surface area contributed by atoms with Crippen LogP contribution in [0.25, 0.3) is 6.08 Å². The summed E-state index contributed by atoms with van der Waals surface area (Å²) in [7, 11) is 1.53. The maximum Gasteiger partial charge on any atom is 0.363 e. The molecule has 35 heavy (non-hydrogen) atoms. The fraction of sp³-hybridized carbons (Fsp3) is 0.154. The van der Waals surface area contributed by atoms with E-state index in [1.54, 1.807) is 37.3 Å². The van der Waals surface area contributed by atoms with Gasteiger partial charge in [-0.15, -0.1) is 0 Å². The molecule has 8 nitrogen and oxygen atoms in total. The maximum absolute atomic E-state index is 12.4. The molecule has 1 heterocycles. The number of nitrogens with zero attached hydrogens (tertiary/aromatic N) is 2. The van der Waals surface area contributed by atoms with Crippen molar-refractivity contribution >= 4 is 39.6 Å². The van der Waals surface area contributed by atoms with E-state index in [-0.39, 0.29) is 17.3 Å². The summed E-state index contributed by atoms with van der Waals surface area (Å²) >= 11 is 3.52. The number of benzene rings is 3. The third-order valence-corrected chi connectivity index (χ3v) is 6.05. The molecule has 0 saturated carbocycles. The van der Waals surface area contributed by atoms with Crippen LogP contribution in [0.1, 0.15) is 27.8 Å². The van der Waals surface area contributed by atoms with Gasteiger partial charge in [0.15, 0.2) is 17.2 Å². The Morgan fingerprint density at radius 2 is 1.89 bits per heavy atom. The summed E-state index contributed by atoms with van der Waals surface area (Å²) in [6.07, 6.45) is 1.55. The van der Waals surface area contributed by atoms with Gasteiger partial charge in [0.25, 0.3) is 5.69 Å². The van der Waals surface area contributed by atoms with Crippen molar-refractivity contribution in [2.75, 3.05) is 7.11 Å². The monoisotopic (exact) mass is 536 g/mol. The van der Waals surface area contributed by atoms with Crippen molar-refractivity contribution < 1.29 is 23.9 Å². The van der Waals surface area contributed by atoms with Gasteiger partial charge in [0, 0.05) is 17.2 Å². The second-order valence-electron chi connectivity index (χ2n) is 7.84. The Morgan fingerprint density at radius 1 is 1.11 bits per heavy atom. The molecule has 0 aliphatic carbocycles. The number of ether oxygens (including phenoxy) is 3. The van der Waals surface area contributed by atoms with E-state index in [2.05, 4.69) is 20.9 Å². The molecule has 0 unspecified atom stereocenters. The van der Waals surface area contributed by atoms with E-state index in [4.69, 9.17) is 14.2 Å². The smallest absolute Gasteiger partial charge is 0.363 e. The average Bonchev–Trinajstić information content (AvgIpc) is 3.19. The van der Waals surface area contributed by atoms with Gasteiger partial charge in [-0.25, -0.2) is 9.79 Å². The first-order valence-corrected chi connectivity index (χ1v) is 11.4. The number of aliphatic imine (C=N–C) groups is 1. The highest BCUT2D eigenvalue weighted by molar-refractivity contribution is 9.10. The lowest BCUT2D eigenvalue weighted by molar-refractivity contribution is -0.385. The summed E-state index contributed by atoms with van der Waals surface area (Å²) in [5, 5.41) is 11.2. The second kappa shape index (κ2) is 10.1. The van der Waals surface area contributed by atoms with Gasteiger partial charge in [0.1, 0.15) is 6.61 Å². The molecule has 0 fully saturated rings. The molecule has 9 heteroatoms. The fourth-order valence-electron chi connectivity index (χ4n) is 3.51. The van der Waals surface area contributed by atoms with Crippen LogP contribution in [0.4, 0.5) is 5.69 Å². The van der Waals surface area contributed by atoms with Gasteiger partial charge in [-0.2, -0.15) is 0 Å². The quantitative estimate of drug-likeness (QED) is 0.161. The molecule has 0 saturated heterocycles. The maximum atomic E-state index is 12.4. The van der Waals surface area contributed by atoms with E-state index in [9.17, 15) is 14.9 Å². The van der Waals surface area contributed by atoms with Crippen LogP contribution in [0.2, 0.25) is 0 Å². The number of aryl methyl sites for hydroxylation is 2. The molecule has 0 bridgehead atoms. The molecule has 0 aromatic heterocycles. The Bertz CT molecular complexity index is 1400. The summed E-state index contributed by atoms with van der Waals surface area (Å²) in [4.78, 5) is 27.4. The summed E-state index contributed by atoms with van der Waals surface area (Å²) in [6, 6.07) is 16.0. The van der Waals surface area contributed by atoms with Crippen LogP contribution in [-0.4, -0.2) is 23.9 Å². The van der Waals surface area contributed by atoms with Gasteiger partial charge in [-0.3, -0.25) is 10.1 Å². The molecule has 0 N–H and O–H groups in total. The molecule has 0 atom stereocenters. The Hall–Kier alpha value is -3.98. The van der Waals surface area contributed by atoms with Crippen molar-refractivity contribution in [3.63, 3.8) is 0 Å². The van der Waals surface area contributed by atoms with Crippen LogP contribution in [0.3, 0.4) is 0 Å². The Balaban J connectivity index is 1.61. The van der Waals surface area contributed by atoms with E-state index in [0.29, 0.717) is 39.3 Å². The summed E-state index contributed by atoms with van der Waals surface area (Å²) in [5.41, 5.74) is 3.64. The first kappa shape index (κ1) is 24.2. The molecule has 0 radical (unpaired) electrons. The van der Waals surface area contributed by atoms with Gasteiger partial charge >= 0.3 is 5.97 Å². The van der Waals surface area contributed by atoms with Gasteiger partial charge < -0.3 is 14.2 Å². The van der Waals surface area contributed by atoms with E-state index in [1.165, 1.54) is 13.2 Å². The van der Waals surface area contributed by atoms with Gasteiger partial charge in [0.2, 0.25) is 5.90 Å². The first-order chi connectivity index (χ1) is 16.8. The number of carbonyl (C=O) groups excluding carboxylic acids is 1. The van der Waals surface area contributed by atoms with Gasteiger partial charge in [-0.1, -0.05) is 30.3 Å². The van der Waals surface area contributed by atoms with Crippen LogP contribution in [0.5, 0.6) is 11.5 Å². The molecule has 1 aliphatic rings. The zero-order chi connectivity index (χ0) is 25.1. The van der Waals surface area contributed by atoms with Crippen LogP contribution >= 0.6 is 15.9 Å². The van der Waals surface area contributed by atoms with Crippen molar-refractivity contribution in [3.8, 4) is 11.5 Å². The number of halogens is 1. The van der Waals surface area contributed by atoms with Crippen LogP contribution in [-0.2, 0) is 16.1 Å². The first-order valence-electron chi connectivity index (χ1n) is 10.6. The highest BCUT2D eigenvalue weighted by atomic mass is 79.9. The number of hydrogen-bond donors (Lipinski definition) is 0. The predicted octanol–water partition coefficient (Wildman–Crippen LogP) is 5.91. The highest BCUT2D eigenvalue weighted by Crippen LogP contribution is 2.38. The molecule has 0 amide bonds. The third-order valence-electron chi connectivity index (χ3n) is 5.46. The number of carbonyl (C=O) groups is 1. The van der Waals surface area contributed by atoms with E-state index in [1.807, 2.05) is 31.2 Å². The number of nitro benzene ring substituents is 1. The summed E-state index contributed by atoms with van der Waals surface area (Å²) < 4.78 is 17.4. The lowest BCUT2D eigenvalue weighted by atomic mass is 10.1. The van der Waals surface area contributed by atoms with E-state index in [0.717, 1.165) is 11.1 Å². The minimum absolute atomic E-state index is 0.00793. The lowest BCUT2D eigenvalue weighted by Crippen LogP contribution is -2.06. The SMILES string of the molecule is COc1cc(/C=C2\N=C(c3ccc(C)c([N+](=O)[O-])c3)OC2=O)cc(Br)c1OCc1ccccc1C. The number of cyclic esters (lactones) is 1. The molecule has 0 spiro atoms. The van der Waals surface area contributed by atoms with Crippen LogP contribution in [0, 0.1) is 24.0 Å². The van der Waals surface area contributed by atoms with E-state index >= 15 is 0 Å². The van der Waals surface area contributed by atoms with Crippen molar-refractivity contribution in [1.29, 1.82) is 0 Å². The molecule has 4 rings (SSSR count). The Labute approximate surface area is 210 Å². The zero-order valence-electron chi connectivity index (χ0n) is 19.2. The molecule has 178 valence electrons. The molecule has 1 aliphatic heterocycles. The minimum Gasteiger partial charge on any atom is -0.493 e. The zero-order valence-corrected chi connectivity index (χ0v) is 20.8. The molecular weight excluding hydrogens is 516 g/mol. The Morgan fingerprint density at radius 3 is 2.60 bits per heavy atom. The largest absolute Gasteiger partial charge is 0.493 e. The van der Waals surface area contributed by atoms with Gasteiger partial charge in [-0.05, 0) is 70.7 Å². The van der Waals surface area contributed by atoms with Crippen LogP contribution in [0.15, 0.2) is 69.8 Å². The van der Waals surface area contributed by atoms with E-state index < -0.39 is 10.9 Å². The predicted molar refractivity (Wildman–Crippen MR) is 135 cm³/mol. The number of nitro groups is 1. The molecule has 3 aromatic carbocycles. The second-order valence-corrected chi connectivity index (χ2v) is 8.70. The number of rotatable bonds is 7. The molecule has 3 aromatic rings. The summed E-state index contributed by atoms with van der Waals surface area (Å²) in [5.74, 6) is 0.361. The average molecular weight is 537 g/mol. The number of methoxy groups -OCH3 is 1. The van der Waals surface area contributed by atoms with Crippen molar-refractivity contribution in [2.24, 2.45) is 4.99 Å². The standard InChI is InChI=1S/C26H21BrN2O6/c1-15-6-4-5-7-19(15)14-34-24-20(27)10-17(12-23(24)33-3)11-21-26(30)35-25(28-21)18-9-8-16(2)22(13-18)29(31)32/h4-13H,14H2,1-3H3/b21-11-. The fourth-order valence-corrected chi connectivity index (χ4v) is 4.09. The Kier molecular flexibility index (Phi) is 6.97. The molecular formula is C26H21BrN2O6. The highest BCUT2D eigenvalue weighted by Gasteiger charge is 2.26. The van der Waals surface area contributed by atoms with Crippen molar-refractivity contribution in [1.82, 2.24) is 0 Å². The lowest BCUT2D eigenvalue weighted by Gasteiger charge is -2.14. The minimum atomic E-state index is -0.654. The number of hydrogen-bond acceptors (Lipinski definition) is 7. The van der Waals surface area contributed by atoms with Gasteiger partial charge in [0.05, 0.1) is 16.5 Å². The normalized spacial score (nSPS) is 14.0. The topological polar surface area (TPSA) is 100 Å². The number of esters is 1. The van der Waals surface area contributed by atoms with Crippen LogP contribution < -0.4 is 9.47 Å². The third kappa shape index (κ3) is 5.25. The summed E-state index contributed by atoms with van der Waals surface area (Å²) in [6.45, 7) is 4.02. The van der Waals surface area contributed by atoms with Crippen molar-refractivity contribution in [2.45, 2.75) is 20.5 Å².